The van der Waals surface area contributed by atoms with E-state index in [1.54, 1.807) is 13.0 Å². The summed E-state index contributed by atoms with van der Waals surface area (Å²) in [6.45, 7) is 1.92. The molecule has 5 nitrogen and oxygen atoms in total. The van der Waals surface area contributed by atoms with Gasteiger partial charge in [-0.2, -0.15) is 0 Å². The Hall–Kier alpha value is -2.14. The Bertz CT molecular complexity index is 554. The number of para-hydroxylation sites is 1. The number of carbonyl (C=O) groups excluding carboxylic acids is 1. The number of nitrogens with one attached hydrogen (secondary N) is 2. The van der Waals surface area contributed by atoms with Crippen molar-refractivity contribution in [1.82, 2.24) is 9.97 Å². The van der Waals surface area contributed by atoms with Crippen LogP contribution in [-0.4, -0.2) is 22.4 Å². The van der Waals surface area contributed by atoms with Crippen LogP contribution in [0.25, 0.3) is 0 Å². The van der Waals surface area contributed by atoms with Crippen LogP contribution in [-0.2, 0) is 4.79 Å². The quantitative estimate of drug-likeness (QED) is 0.842. The zero-order valence-electron chi connectivity index (χ0n) is 10.4. The van der Waals surface area contributed by atoms with Gasteiger partial charge in [-0.05, 0) is 25.1 Å². The third-order valence-electron chi connectivity index (χ3n) is 2.30. The lowest BCUT2D eigenvalue weighted by Crippen LogP contribution is -2.23. The van der Waals surface area contributed by atoms with Crippen molar-refractivity contribution in [3.8, 4) is 0 Å². The first-order chi connectivity index (χ1) is 9.13. The van der Waals surface area contributed by atoms with Gasteiger partial charge in [0.25, 0.3) is 0 Å². The maximum atomic E-state index is 11.7. The van der Waals surface area contributed by atoms with Crippen LogP contribution >= 0.6 is 11.6 Å². The molecule has 0 saturated carbocycles. The van der Waals surface area contributed by atoms with Crippen LogP contribution in [0.5, 0.6) is 0 Å². The van der Waals surface area contributed by atoms with Crippen LogP contribution in [0.3, 0.4) is 0 Å². The van der Waals surface area contributed by atoms with Crippen molar-refractivity contribution in [3.05, 3.63) is 47.2 Å². The monoisotopic (exact) mass is 276 g/mol. The Morgan fingerprint density at radius 1 is 1.26 bits per heavy atom. The molecule has 1 amide bonds. The van der Waals surface area contributed by atoms with E-state index in [4.69, 9.17) is 11.6 Å². The number of benzene rings is 1. The molecule has 2 rings (SSSR count). The molecule has 2 aromatic rings. The molecule has 19 heavy (non-hydrogen) atoms. The number of hydrogen-bond acceptors (Lipinski definition) is 4. The van der Waals surface area contributed by atoms with Gasteiger partial charge in [0.15, 0.2) is 0 Å². The number of halogens is 1. The number of rotatable bonds is 4. The van der Waals surface area contributed by atoms with Gasteiger partial charge in [-0.3, -0.25) is 10.1 Å². The van der Waals surface area contributed by atoms with Gasteiger partial charge in [-0.1, -0.05) is 29.8 Å². The fourth-order valence-corrected chi connectivity index (χ4v) is 1.73. The zero-order valence-corrected chi connectivity index (χ0v) is 11.1. The van der Waals surface area contributed by atoms with E-state index in [1.807, 2.05) is 30.3 Å². The van der Waals surface area contributed by atoms with E-state index < -0.39 is 0 Å². The molecular weight excluding hydrogens is 264 g/mol. The smallest absolute Gasteiger partial charge is 0.246 e. The summed E-state index contributed by atoms with van der Waals surface area (Å²) < 4.78 is 0. The molecule has 0 aliphatic carbocycles. The molecule has 0 atom stereocenters. The summed E-state index contributed by atoms with van der Waals surface area (Å²) in [6.07, 6.45) is 0. The fourth-order valence-electron chi connectivity index (χ4n) is 1.49. The van der Waals surface area contributed by atoms with Crippen molar-refractivity contribution in [1.29, 1.82) is 0 Å². The topological polar surface area (TPSA) is 66.9 Å². The van der Waals surface area contributed by atoms with E-state index >= 15 is 0 Å². The van der Waals surface area contributed by atoms with Crippen LogP contribution in [0.2, 0.25) is 5.15 Å². The lowest BCUT2D eigenvalue weighted by Gasteiger charge is -2.07. The molecule has 98 valence electrons. The van der Waals surface area contributed by atoms with Gasteiger partial charge in [0.1, 0.15) is 5.15 Å². The first-order valence-electron chi connectivity index (χ1n) is 5.73. The molecular formula is C13H13ClN4O. The van der Waals surface area contributed by atoms with Crippen molar-refractivity contribution >= 4 is 29.1 Å². The van der Waals surface area contributed by atoms with Crippen molar-refractivity contribution in [2.45, 2.75) is 6.92 Å². The number of hydrogen-bond donors (Lipinski definition) is 2. The second-order valence-electron chi connectivity index (χ2n) is 3.92. The van der Waals surface area contributed by atoms with Crippen molar-refractivity contribution in [3.63, 3.8) is 0 Å². The molecule has 0 fully saturated rings. The molecule has 0 bridgehead atoms. The number of aromatic nitrogens is 2. The molecule has 0 spiro atoms. The molecule has 1 aromatic carbocycles. The maximum Gasteiger partial charge on any atom is 0.246 e. The van der Waals surface area contributed by atoms with Crippen molar-refractivity contribution in [2.24, 2.45) is 0 Å². The molecule has 0 unspecified atom stereocenters. The van der Waals surface area contributed by atoms with Gasteiger partial charge >= 0.3 is 0 Å². The summed E-state index contributed by atoms with van der Waals surface area (Å²) >= 11 is 5.79. The number of nitrogens with zero attached hydrogens (tertiary/aromatic N) is 2. The van der Waals surface area contributed by atoms with E-state index in [-0.39, 0.29) is 18.4 Å². The summed E-state index contributed by atoms with van der Waals surface area (Å²) in [4.78, 5) is 19.7. The molecule has 0 aliphatic heterocycles. The molecule has 0 saturated heterocycles. The zero-order chi connectivity index (χ0) is 13.7. The highest BCUT2D eigenvalue weighted by Gasteiger charge is 2.06. The van der Waals surface area contributed by atoms with E-state index in [0.29, 0.717) is 10.8 Å². The first-order valence-corrected chi connectivity index (χ1v) is 6.11. The Balaban J connectivity index is 1.91. The number of amides is 1. The van der Waals surface area contributed by atoms with Crippen molar-refractivity contribution in [2.75, 3.05) is 17.2 Å². The van der Waals surface area contributed by atoms with Gasteiger partial charge in [0, 0.05) is 11.4 Å². The lowest BCUT2D eigenvalue weighted by atomic mass is 10.3. The molecule has 1 aromatic heterocycles. The standard InChI is InChI=1S/C13H13ClN4O/c1-9-7-11(14)17-13(16-9)18-12(19)8-15-10-5-3-2-4-6-10/h2-7,15H,8H2,1H3,(H,16,17,18,19). The molecule has 1 heterocycles. The highest BCUT2D eigenvalue weighted by atomic mass is 35.5. The first kappa shape index (κ1) is 13.3. The Morgan fingerprint density at radius 3 is 2.68 bits per heavy atom. The highest BCUT2D eigenvalue weighted by Crippen LogP contribution is 2.09. The molecule has 6 heteroatoms. The molecule has 2 N–H and O–H groups in total. The van der Waals surface area contributed by atoms with Crippen LogP contribution in [0.4, 0.5) is 11.6 Å². The summed E-state index contributed by atoms with van der Waals surface area (Å²) in [5.74, 6) is -0.0182. The number of anilines is 2. The minimum absolute atomic E-state index is 0.138. The Kier molecular flexibility index (Phi) is 4.30. The maximum absolute atomic E-state index is 11.7. The van der Waals surface area contributed by atoms with E-state index in [1.165, 1.54) is 0 Å². The minimum Gasteiger partial charge on any atom is -0.376 e. The van der Waals surface area contributed by atoms with Crippen LogP contribution in [0.1, 0.15) is 5.69 Å². The van der Waals surface area contributed by atoms with Gasteiger partial charge in [0.2, 0.25) is 11.9 Å². The SMILES string of the molecule is Cc1cc(Cl)nc(NC(=O)CNc2ccccc2)n1. The van der Waals surface area contributed by atoms with Gasteiger partial charge < -0.3 is 5.32 Å². The van der Waals surface area contributed by atoms with Gasteiger partial charge in [-0.25, -0.2) is 9.97 Å². The van der Waals surface area contributed by atoms with Crippen LogP contribution in [0.15, 0.2) is 36.4 Å². The van der Waals surface area contributed by atoms with Crippen molar-refractivity contribution < 1.29 is 4.79 Å². The summed E-state index contributed by atoms with van der Waals surface area (Å²) in [7, 11) is 0. The van der Waals surface area contributed by atoms with E-state index in [0.717, 1.165) is 5.69 Å². The van der Waals surface area contributed by atoms with Crippen LogP contribution in [0, 0.1) is 6.92 Å². The van der Waals surface area contributed by atoms with Gasteiger partial charge in [0.05, 0.1) is 6.54 Å². The average Bonchev–Trinajstić information content (AvgIpc) is 2.36. The number of aryl methyl sites for hydroxylation is 1. The van der Waals surface area contributed by atoms with Gasteiger partial charge in [-0.15, -0.1) is 0 Å². The summed E-state index contributed by atoms with van der Waals surface area (Å²) in [5.41, 5.74) is 1.58. The minimum atomic E-state index is -0.231. The largest absolute Gasteiger partial charge is 0.376 e. The Morgan fingerprint density at radius 2 is 2.00 bits per heavy atom. The Labute approximate surface area is 116 Å². The lowest BCUT2D eigenvalue weighted by molar-refractivity contribution is -0.114. The second kappa shape index (κ2) is 6.15. The average molecular weight is 277 g/mol. The second-order valence-corrected chi connectivity index (χ2v) is 4.31. The molecule has 0 aliphatic rings. The third-order valence-corrected chi connectivity index (χ3v) is 2.49. The third kappa shape index (κ3) is 4.22. The fraction of sp³-hybridized carbons (Fsp3) is 0.154. The number of carbonyl (C=O) groups is 1. The van der Waals surface area contributed by atoms with E-state index in [9.17, 15) is 4.79 Å². The van der Waals surface area contributed by atoms with Crippen LogP contribution < -0.4 is 10.6 Å². The normalized spacial score (nSPS) is 10.0. The summed E-state index contributed by atoms with van der Waals surface area (Å²) in [5, 5.41) is 5.88. The molecule has 0 radical (unpaired) electrons. The van der Waals surface area contributed by atoms with E-state index in [2.05, 4.69) is 20.6 Å². The predicted molar refractivity (Wildman–Crippen MR) is 75.3 cm³/mol. The highest BCUT2D eigenvalue weighted by molar-refractivity contribution is 6.29. The predicted octanol–water partition coefficient (Wildman–Crippen LogP) is 2.49. The summed E-state index contributed by atoms with van der Waals surface area (Å²) in [6, 6.07) is 11.1.